The van der Waals surface area contributed by atoms with Crippen molar-refractivity contribution in [3.63, 3.8) is 0 Å². The highest BCUT2D eigenvalue weighted by Crippen LogP contribution is 2.35. The molecule has 2 aromatic heterocycles. The van der Waals surface area contributed by atoms with Crippen LogP contribution in [0.1, 0.15) is 180 Å². The molecule has 3 fully saturated rings. The Balaban J connectivity index is 0.682. The molecule has 5 N–H and O–H groups in total. The van der Waals surface area contributed by atoms with E-state index in [-0.39, 0.29) is 61.2 Å². The van der Waals surface area contributed by atoms with Gasteiger partial charge in [-0.25, -0.2) is 4.98 Å². The highest BCUT2D eigenvalue weighted by atomic mass is 32.1. The summed E-state index contributed by atoms with van der Waals surface area (Å²) in [5.41, 5.74) is 11.9. The van der Waals surface area contributed by atoms with Crippen LogP contribution in [0.5, 0.6) is 0 Å². The van der Waals surface area contributed by atoms with Gasteiger partial charge in [-0.05, 0) is 123 Å². The Morgan fingerprint density at radius 1 is 0.764 bits per heavy atom. The molecule has 8 rings (SSSR count). The summed E-state index contributed by atoms with van der Waals surface area (Å²) in [7, 11) is 0. The maximum absolute atomic E-state index is 14.1. The molecule has 3 saturated heterocycles. The zero-order chi connectivity index (χ0) is 63.6. The van der Waals surface area contributed by atoms with Crippen molar-refractivity contribution < 1.29 is 33.8 Å². The molecule has 3 aromatic carbocycles. The van der Waals surface area contributed by atoms with Crippen LogP contribution in [0.25, 0.3) is 21.6 Å². The number of piperazine rings is 1. The van der Waals surface area contributed by atoms with Crippen molar-refractivity contribution in [2.45, 2.75) is 202 Å². The molecular formula is C71H99N9O8S. The Morgan fingerprint density at radius 2 is 1.38 bits per heavy atom. The number of hydrogen-bond acceptors (Lipinski definition) is 12. The number of β-amino-alcohol motifs (C(OH)–C–C–N with tert-alkyl or cyclic N) is 1. The highest BCUT2D eigenvalue weighted by molar-refractivity contribution is 7.13. The van der Waals surface area contributed by atoms with Crippen molar-refractivity contribution in [3.05, 3.63) is 127 Å². The van der Waals surface area contributed by atoms with Crippen molar-refractivity contribution in [1.82, 2.24) is 40.6 Å². The number of thiazole rings is 1. The maximum atomic E-state index is 14.1. The minimum Gasteiger partial charge on any atom is -0.391 e. The number of rotatable bonds is 29. The number of ether oxygens (including phenoxy) is 1. The molecule has 0 bridgehead atoms. The van der Waals surface area contributed by atoms with Crippen molar-refractivity contribution in [2.75, 3.05) is 57.4 Å². The largest absolute Gasteiger partial charge is 0.391 e. The number of nitrogens with zero attached hydrogens (tertiary/aromatic N) is 5. The number of aliphatic hydroxyl groups is 1. The topological polar surface area (TPSA) is 210 Å². The molecule has 0 aliphatic carbocycles. The van der Waals surface area contributed by atoms with Gasteiger partial charge in [0.1, 0.15) is 12.1 Å². The SMILES string of the molecule is CCN(c1cc(-c2ccc(CN3CCN(C(=O)CCCCCCCCCCCCCC(=O)N[C@H](C(=O)N4C[C@H](O)C[C@H]4C(=O)NCc4ccc(-c5scnc5C)cc4)C(C)(C)C)CC3)cc2)cc(C(=O)NCc2c(C)cc(C)[nH]c2=O)c1C)C1CCOCC1. The van der Waals surface area contributed by atoms with Gasteiger partial charge in [0.15, 0.2) is 0 Å². The van der Waals surface area contributed by atoms with Gasteiger partial charge in [0.2, 0.25) is 23.6 Å². The molecule has 0 spiro atoms. The molecule has 482 valence electrons. The summed E-state index contributed by atoms with van der Waals surface area (Å²) in [6.45, 7) is 22.3. The van der Waals surface area contributed by atoms with E-state index in [1.54, 1.807) is 11.3 Å². The number of aromatic nitrogens is 2. The van der Waals surface area contributed by atoms with Crippen LogP contribution in [0, 0.1) is 33.1 Å². The van der Waals surface area contributed by atoms with Crippen LogP contribution in [-0.2, 0) is 43.5 Å². The number of carbonyl (C=O) groups is 5. The van der Waals surface area contributed by atoms with E-state index < -0.39 is 23.6 Å². The number of likely N-dealkylation sites (tertiary alicyclic amines) is 1. The fraction of sp³-hybridized carbons (Fsp3) is 0.563. The smallest absolute Gasteiger partial charge is 0.253 e. The monoisotopic (exact) mass is 1240 g/mol. The van der Waals surface area contributed by atoms with Gasteiger partial charge in [-0.3, -0.25) is 33.7 Å². The lowest BCUT2D eigenvalue weighted by Crippen LogP contribution is -2.57. The molecule has 0 radical (unpaired) electrons. The van der Waals surface area contributed by atoms with Crippen LogP contribution in [0.3, 0.4) is 0 Å². The second kappa shape index (κ2) is 32.8. The number of aliphatic hydroxyl groups excluding tert-OH is 1. The third-order valence-electron chi connectivity index (χ3n) is 18.3. The number of carbonyl (C=O) groups excluding carboxylic acids is 5. The van der Waals surface area contributed by atoms with Gasteiger partial charge in [-0.15, -0.1) is 11.3 Å². The highest BCUT2D eigenvalue weighted by Gasteiger charge is 2.44. The number of aryl methyl sites for hydroxylation is 3. The number of benzene rings is 3. The summed E-state index contributed by atoms with van der Waals surface area (Å²) >= 11 is 1.59. The summed E-state index contributed by atoms with van der Waals surface area (Å²) in [6.07, 6.45) is 13.7. The minimum absolute atomic E-state index is 0.0376. The van der Waals surface area contributed by atoms with Crippen LogP contribution >= 0.6 is 11.3 Å². The Labute approximate surface area is 532 Å². The van der Waals surface area contributed by atoms with Gasteiger partial charge < -0.3 is 45.5 Å². The van der Waals surface area contributed by atoms with Crippen molar-refractivity contribution in [1.29, 1.82) is 0 Å². The number of amides is 5. The number of H-pyrrole nitrogens is 1. The van der Waals surface area contributed by atoms with E-state index >= 15 is 0 Å². The summed E-state index contributed by atoms with van der Waals surface area (Å²) < 4.78 is 5.72. The van der Waals surface area contributed by atoms with E-state index in [0.717, 1.165) is 172 Å². The molecule has 3 aliphatic heterocycles. The average Bonchev–Trinajstić information content (AvgIpc) is 1.81. The molecule has 0 unspecified atom stereocenters. The predicted octanol–water partition coefficient (Wildman–Crippen LogP) is 10.9. The van der Waals surface area contributed by atoms with Crippen LogP contribution in [-0.4, -0.2) is 136 Å². The van der Waals surface area contributed by atoms with Gasteiger partial charge in [0.05, 0.1) is 22.2 Å². The number of aromatic amines is 1. The molecule has 3 atom stereocenters. The fourth-order valence-electron chi connectivity index (χ4n) is 12.9. The molecule has 5 amide bonds. The fourth-order valence-corrected chi connectivity index (χ4v) is 13.7. The van der Waals surface area contributed by atoms with E-state index in [4.69, 9.17) is 4.74 Å². The number of anilines is 1. The maximum Gasteiger partial charge on any atom is 0.253 e. The summed E-state index contributed by atoms with van der Waals surface area (Å²) in [5.74, 6) is -0.811. The third kappa shape index (κ3) is 19.2. The van der Waals surface area contributed by atoms with Gasteiger partial charge in [-0.2, -0.15) is 0 Å². The second-order valence-corrected chi connectivity index (χ2v) is 27.0. The number of unbranched alkanes of at least 4 members (excludes halogenated alkanes) is 10. The Bertz CT molecular complexity index is 3210. The first-order chi connectivity index (χ1) is 42.8. The van der Waals surface area contributed by atoms with Crippen LogP contribution in [0.4, 0.5) is 5.69 Å². The van der Waals surface area contributed by atoms with Crippen LogP contribution in [0.15, 0.2) is 77.0 Å². The van der Waals surface area contributed by atoms with E-state index in [9.17, 15) is 33.9 Å². The second-order valence-electron chi connectivity index (χ2n) is 26.1. The first kappa shape index (κ1) is 68.2. The van der Waals surface area contributed by atoms with Crippen LogP contribution < -0.4 is 26.4 Å². The Morgan fingerprint density at radius 3 is 1.99 bits per heavy atom. The molecule has 17 nitrogen and oxygen atoms in total. The molecule has 3 aliphatic rings. The normalized spacial score (nSPS) is 17.0. The van der Waals surface area contributed by atoms with E-state index in [2.05, 4.69) is 73.0 Å². The first-order valence-electron chi connectivity index (χ1n) is 32.9. The standard InChI is InChI=1S/C71H99N9O8S/c1-9-79(57-31-37-88-38-32-57)61-41-56(40-59(50(61)4)67(84)73-44-60-48(2)39-49(3)75-68(60)85)54-27-25-53(26-28-54)45-77-33-35-78(36-34-77)64(83)22-20-18-16-14-12-10-11-13-15-17-19-21-63(82)76-66(71(6,7)8)70(87)80-46-58(81)42-62(80)69(86)72-43-52-23-29-55(30-24-52)65-51(5)74-47-89-65/h23-30,39-41,47,57-58,62,66,81H,9-22,31-38,42-46H2,1-8H3,(H,72,86)(H,73,84)(H,75,85)(H,76,82)/t58-,62+,66-/m1/s1. The van der Waals surface area contributed by atoms with Gasteiger partial charge >= 0.3 is 0 Å². The van der Waals surface area contributed by atoms with Gasteiger partial charge in [-0.1, -0.05) is 127 Å². The average molecular weight is 1240 g/mol. The van der Waals surface area contributed by atoms with E-state index in [1.165, 1.54) is 29.7 Å². The van der Waals surface area contributed by atoms with Gasteiger partial charge in [0, 0.05) is 120 Å². The molecule has 89 heavy (non-hydrogen) atoms. The van der Waals surface area contributed by atoms with Crippen molar-refractivity contribution >= 4 is 46.6 Å². The number of nitrogens with one attached hydrogen (secondary N) is 4. The zero-order valence-corrected chi connectivity index (χ0v) is 55.1. The molecule has 0 saturated carbocycles. The molecule has 18 heteroatoms. The molecular weight excluding hydrogens is 1140 g/mol. The molecule has 5 aromatic rings. The minimum atomic E-state index is -0.843. The lowest BCUT2D eigenvalue weighted by atomic mass is 9.85. The Kier molecular flexibility index (Phi) is 25.2. The lowest BCUT2D eigenvalue weighted by molar-refractivity contribution is -0.144. The number of hydrogen-bond donors (Lipinski definition) is 5. The Hall–Kier alpha value is -6.73. The summed E-state index contributed by atoms with van der Waals surface area (Å²) in [4.78, 5) is 97.6. The van der Waals surface area contributed by atoms with Gasteiger partial charge in [0.25, 0.3) is 11.5 Å². The summed E-state index contributed by atoms with van der Waals surface area (Å²) in [5, 5.41) is 19.7. The first-order valence-corrected chi connectivity index (χ1v) is 33.8. The zero-order valence-electron chi connectivity index (χ0n) is 54.3. The predicted molar refractivity (Wildman–Crippen MR) is 355 cm³/mol. The number of pyridine rings is 1. The lowest BCUT2D eigenvalue weighted by Gasteiger charge is -2.37. The van der Waals surface area contributed by atoms with Crippen molar-refractivity contribution in [2.24, 2.45) is 5.41 Å². The van der Waals surface area contributed by atoms with E-state index in [1.807, 2.05) is 95.3 Å². The summed E-state index contributed by atoms with van der Waals surface area (Å²) in [6, 6.07) is 21.4. The molecule has 5 heterocycles. The third-order valence-corrected chi connectivity index (χ3v) is 19.2. The van der Waals surface area contributed by atoms with E-state index in [0.29, 0.717) is 30.0 Å². The van der Waals surface area contributed by atoms with Crippen LogP contribution in [0.2, 0.25) is 0 Å². The van der Waals surface area contributed by atoms with Crippen molar-refractivity contribution in [3.8, 4) is 21.6 Å². The quantitative estimate of drug-likeness (QED) is 0.0284.